The van der Waals surface area contributed by atoms with Crippen LogP contribution in [-0.2, 0) is 0 Å². The molecule has 4 heterocycles. The predicted molar refractivity (Wildman–Crippen MR) is 108 cm³/mol. The highest BCUT2D eigenvalue weighted by Gasteiger charge is 2.50. The van der Waals surface area contributed by atoms with E-state index in [1.807, 2.05) is 23.1 Å². The minimum atomic E-state index is -0.275. The van der Waals surface area contributed by atoms with Crippen molar-refractivity contribution in [3.05, 3.63) is 60.2 Å². The minimum Gasteiger partial charge on any atom is -0.464 e. The number of rotatable bonds is 2. The van der Waals surface area contributed by atoms with Crippen LogP contribution in [0.25, 0.3) is 11.0 Å². The van der Waals surface area contributed by atoms with E-state index in [9.17, 15) is 9.18 Å². The smallest absolute Gasteiger partial charge is 0.320 e. The second-order valence-electron chi connectivity index (χ2n) is 8.13. The van der Waals surface area contributed by atoms with Crippen molar-refractivity contribution in [3.8, 4) is 0 Å². The number of furan rings is 1. The summed E-state index contributed by atoms with van der Waals surface area (Å²) in [6.07, 6.45) is 3.45. The summed E-state index contributed by atoms with van der Waals surface area (Å²) < 4.78 is 19.5. The number of carbonyl (C=O) groups excluding carboxylic acids is 1. The zero-order chi connectivity index (χ0) is 20.1. The zero-order valence-corrected chi connectivity index (χ0v) is 16.5. The van der Waals surface area contributed by atoms with Gasteiger partial charge in [0.15, 0.2) is 0 Å². The molecule has 2 amide bonds. The third-order valence-corrected chi connectivity index (χ3v) is 6.14. The molecule has 0 spiro atoms. The van der Waals surface area contributed by atoms with Crippen molar-refractivity contribution in [1.82, 2.24) is 14.8 Å². The van der Waals surface area contributed by atoms with Crippen LogP contribution in [0.5, 0.6) is 0 Å². The summed E-state index contributed by atoms with van der Waals surface area (Å²) in [5, 5.41) is 0.996. The van der Waals surface area contributed by atoms with Crippen LogP contribution in [0.1, 0.15) is 11.6 Å². The van der Waals surface area contributed by atoms with Crippen molar-refractivity contribution < 1.29 is 13.6 Å². The van der Waals surface area contributed by atoms with E-state index in [1.54, 1.807) is 43.6 Å². The maximum atomic E-state index is 14.0. The molecule has 0 radical (unpaired) electrons. The number of pyridine rings is 1. The standard InChI is InChI=1S/C22H23FN4O2/c1-25(2)22(28)27-12-15-11-26(21-17-7-9-29-19(17)6-8-24-21)13-18(15)20(27)14-4-3-5-16(23)10-14/h3-10,15,18,20H,11-13H2,1-2H3/t15-,18-,20+/m1/s1. The normalized spacial score (nSPS) is 23.6. The van der Waals surface area contributed by atoms with Gasteiger partial charge < -0.3 is 19.1 Å². The van der Waals surface area contributed by atoms with Gasteiger partial charge in [-0.05, 0) is 29.8 Å². The van der Waals surface area contributed by atoms with Crippen LogP contribution in [0, 0.1) is 17.7 Å². The number of nitrogens with zero attached hydrogens (tertiary/aromatic N) is 4. The van der Waals surface area contributed by atoms with Gasteiger partial charge in [-0.1, -0.05) is 12.1 Å². The van der Waals surface area contributed by atoms with Crippen molar-refractivity contribution in [2.24, 2.45) is 11.8 Å². The maximum absolute atomic E-state index is 14.0. The van der Waals surface area contributed by atoms with Crippen molar-refractivity contribution >= 4 is 22.8 Å². The average molecular weight is 394 g/mol. The van der Waals surface area contributed by atoms with Crippen LogP contribution in [0.4, 0.5) is 15.0 Å². The number of hydrogen-bond donors (Lipinski definition) is 0. The molecule has 29 heavy (non-hydrogen) atoms. The Kier molecular flexibility index (Phi) is 4.19. The number of likely N-dealkylation sites (tertiary alicyclic amines) is 1. The number of aromatic nitrogens is 1. The monoisotopic (exact) mass is 394 g/mol. The molecule has 6 nitrogen and oxygen atoms in total. The van der Waals surface area contributed by atoms with E-state index in [-0.39, 0.29) is 23.8 Å². The molecule has 3 atom stereocenters. The van der Waals surface area contributed by atoms with E-state index in [0.29, 0.717) is 12.5 Å². The topological polar surface area (TPSA) is 52.8 Å². The van der Waals surface area contributed by atoms with Crippen molar-refractivity contribution in [2.45, 2.75) is 6.04 Å². The van der Waals surface area contributed by atoms with Gasteiger partial charge in [-0.15, -0.1) is 0 Å². The number of benzene rings is 1. The summed E-state index contributed by atoms with van der Waals surface area (Å²) in [5.74, 6) is 1.15. The molecule has 2 saturated heterocycles. The SMILES string of the molecule is CN(C)C(=O)N1C[C@H]2CN(c3nccc4occc34)C[C@H]2[C@@H]1c1cccc(F)c1. The Hall–Kier alpha value is -3.09. The summed E-state index contributed by atoms with van der Waals surface area (Å²) in [5.41, 5.74) is 1.67. The fourth-order valence-corrected chi connectivity index (χ4v) is 4.92. The Morgan fingerprint density at radius 1 is 1.21 bits per heavy atom. The number of carbonyl (C=O) groups is 1. The molecular formula is C22H23FN4O2. The average Bonchev–Trinajstić information content (AvgIpc) is 3.40. The van der Waals surface area contributed by atoms with Gasteiger partial charge in [-0.3, -0.25) is 0 Å². The number of fused-ring (bicyclic) bond motifs is 2. The van der Waals surface area contributed by atoms with Crippen LogP contribution < -0.4 is 4.90 Å². The van der Waals surface area contributed by atoms with Gasteiger partial charge in [-0.25, -0.2) is 14.2 Å². The van der Waals surface area contributed by atoms with E-state index >= 15 is 0 Å². The van der Waals surface area contributed by atoms with E-state index in [2.05, 4.69) is 9.88 Å². The molecule has 0 bridgehead atoms. The van der Waals surface area contributed by atoms with E-state index in [4.69, 9.17) is 4.42 Å². The molecule has 3 aromatic rings. The quantitative estimate of drug-likeness (QED) is 0.664. The molecule has 2 fully saturated rings. The van der Waals surface area contributed by atoms with Crippen LogP contribution in [0.3, 0.4) is 0 Å². The number of halogens is 1. The first-order chi connectivity index (χ1) is 14.0. The lowest BCUT2D eigenvalue weighted by Gasteiger charge is -2.32. The number of urea groups is 1. The molecule has 0 N–H and O–H groups in total. The molecule has 0 unspecified atom stereocenters. The summed E-state index contributed by atoms with van der Waals surface area (Å²) >= 11 is 0. The fraction of sp³-hybridized carbons (Fsp3) is 0.364. The van der Waals surface area contributed by atoms with Gasteiger partial charge in [0.05, 0.1) is 17.7 Å². The number of amides is 2. The lowest BCUT2D eigenvalue weighted by atomic mass is 9.89. The first kappa shape index (κ1) is 18.0. The van der Waals surface area contributed by atoms with Crippen molar-refractivity contribution in [3.63, 3.8) is 0 Å². The van der Waals surface area contributed by atoms with Gasteiger partial charge in [0.2, 0.25) is 0 Å². The zero-order valence-electron chi connectivity index (χ0n) is 16.5. The molecule has 1 aromatic carbocycles. The van der Waals surface area contributed by atoms with Gasteiger partial charge >= 0.3 is 6.03 Å². The summed E-state index contributed by atoms with van der Waals surface area (Å²) in [4.78, 5) is 23.2. The first-order valence-corrected chi connectivity index (χ1v) is 9.83. The Balaban J connectivity index is 1.50. The molecule has 2 aliphatic heterocycles. The third-order valence-electron chi connectivity index (χ3n) is 6.14. The largest absolute Gasteiger partial charge is 0.464 e. The lowest BCUT2D eigenvalue weighted by molar-refractivity contribution is 0.159. The molecule has 2 aromatic heterocycles. The van der Waals surface area contributed by atoms with Crippen LogP contribution >= 0.6 is 0 Å². The highest BCUT2D eigenvalue weighted by atomic mass is 19.1. The van der Waals surface area contributed by atoms with E-state index in [0.717, 1.165) is 35.4 Å². The van der Waals surface area contributed by atoms with Gasteiger partial charge in [0, 0.05) is 51.8 Å². The molecule has 5 rings (SSSR count). The third kappa shape index (κ3) is 2.92. The second-order valence-corrected chi connectivity index (χ2v) is 8.13. The van der Waals surface area contributed by atoms with E-state index in [1.165, 1.54) is 6.07 Å². The van der Waals surface area contributed by atoms with E-state index < -0.39 is 0 Å². The maximum Gasteiger partial charge on any atom is 0.320 e. The Morgan fingerprint density at radius 3 is 2.86 bits per heavy atom. The Morgan fingerprint density at radius 2 is 2.07 bits per heavy atom. The number of hydrogen-bond acceptors (Lipinski definition) is 4. The van der Waals surface area contributed by atoms with Gasteiger partial charge in [-0.2, -0.15) is 0 Å². The highest BCUT2D eigenvalue weighted by Crippen LogP contribution is 2.46. The molecule has 2 aliphatic rings. The van der Waals surface area contributed by atoms with Gasteiger partial charge in [0.1, 0.15) is 17.2 Å². The van der Waals surface area contributed by atoms with Crippen LogP contribution in [0.15, 0.2) is 53.3 Å². The molecular weight excluding hydrogens is 371 g/mol. The second kappa shape index (κ2) is 6.76. The summed E-state index contributed by atoms with van der Waals surface area (Å²) in [7, 11) is 3.52. The number of anilines is 1. The van der Waals surface area contributed by atoms with Crippen molar-refractivity contribution in [1.29, 1.82) is 0 Å². The van der Waals surface area contributed by atoms with Gasteiger partial charge in [0.25, 0.3) is 0 Å². The highest BCUT2D eigenvalue weighted by molar-refractivity contribution is 5.88. The van der Waals surface area contributed by atoms with Crippen molar-refractivity contribution in [2.75, 3.05) is 38.6 Å². The lowest BCUT2D eigenvalue weighted by Crippen LogP contribution is -2.41. The molecule has 7 heteroatoms. The van der Waals surface area contributed by atoms with Crippen LogP contribution in [0.2, 0.25) is 0 Å². The molecule has 0 saturated carbocycles. The first-order valence-electron chi connectivity index (χ1n) is 9.83. The summed E-state index contributed by atoms with van der Waals surface area (Å²) in [6, 6.07) is 10.3. The Labute approximate surface area is 168 Å². The predicted octanol–water partition coefficient (Wildman–Crippen LogP) is 3.76. The molecule has 150 valence electrons. The fourth-order valence-electron chi connectivity index (χ4n) is 4.92. The molecule has 0 aliphatic carbocycles. The minimum absolute atomic E-state index is 0.0322. The Bertz CT molecular complexity index is 1070. The van der Waals surface area contributed by atoms with Crippen LogP contribution in [-0.4, -0.2) is 54.5 Å². The summed E-state index contributed by atoms with van der Waals surface area (Å²) in [6.45, 7) is 2.23.